The van der Waals surface area contributed by atoms with Crippen molar-refractivity contribution in [2.24, 2.45) is 5.92 Å². The largest absolute Gasteiger partial charge is 0.391 e. The molecule has 0 saturated carbocycles. The number of hydrogen-bond donors (Lipinski definition) is 2. The van der Waals surface area contributed by atoms with E-state index in [1.165, 1.54) is 6.07 Å². The van der Waals surface area contributed by atoms with Crippen LogP contribution in [-0.2, 0) is 0 Å². The Morgan fingerprint density at radius 3 is 2.68 bits per heavy atom. The summed E-state index contributed by atoms with van der Waals surface area (Å²) in [6.45, 7) is 5.73. The molecule has 1 atom stereocenters. The minimum absolute atomic E-state index is 0.0436. The van der Waals surface area contributed by atoms with Gasteiger partial charge in [-0.1, -0.05) is 13.8 Å². The molecule has 0 aliphatic rings. The van der Waals surface area contributed by atoms with Crippen molar-refractivity contribution >= 4 is 22.9 Å². The van der Waals surface area contributed by atoms with Gasteiger partial charge in [0.15, 0.2) is 0 Å². The van der Waals surface area contributed by atoms with Gasteiger partial charge in [-0.05, 0) is 19.3 Å². The van der Waals surface area contributed by atoms with Crippen molar-refractivity contribution in [2.45, 2.75) is 33.3 Å². The van der Waals surface area contributed by atoms with Gasteiger partial charge in [0.2, 0.25) is 0 Å². The molecule has 0 aromatic carbocycles. The van der Waals surface area contributed by atoms with Gasteiger partial charge in [0.05, 0.1) is 20.8 Å². The Morgan fingerprint density at radius 2 is 2.21 bits per heavy atom. The van der Waals surface area contributed by atoms with E-state index in [1.54, 1.807) is 6.92 Å². The summed E-state index contributed by atoms with van der Waals surface area (Å²) in [5, 5.41) is 22.9. The number of thiophene rings is 1. The maximum absolute atomic E-state index is 11.8. The molecule has 19 heavy (non-hydrogen) atoms. The first-order valence-electron chi connectivity index (χ1n) is 6.02. The predicted octanol–water partition coefficient (Wildman–Crippen LogP) is 2.10. The SMILES string of the molecule is Cc1sc(C(=O)NCC(O)CC(C)C)cc1[N+](=O)[O-]. The highest BCUT2D eigenvalue weighted by molar-refractivity contribution is 7.14. The van der Waals surface area contributed by atoms with Crippen LogP contribution in [0.1, 0.15) is 34.8 Å². The molecule has 106 valence electrons. The van der Waals surface area contributed by atoms with Crippen LogP contribution in [0.2, 0.25) is 0 Å². The van der Waals surface area contributed by atoms with Gasteiger partial charge in [-0.2, -0.15) is 0 Å². The van der Waals surface area contributed by atoms with Gasteiger partial charge in [0.1, 0.15) is 0 Å². The topological polar surface area (TPSA) is 92.5 Å². The number of aliphatic hydroxyl groups excluding tert-OH is 1. The van der Waals surface area contributed by atoms with Crippen molar-refractivity contribution in [3.63, 3.8) is 0 Å². The quantitative estimate of drug-likeness (QED) is 0.618. The third-order valence-electron chi connectivity index (χ3n) is 2.55. The summed E-state index contributed by atoms with van der Waals surface area (Å²) < 4.78 is 0. The van der Waals surface area contributed by atoms with Crippen LogP contribution < -0.4 is 5.32 Å². The highest BCUT2D eigenvalue weighted by Crippen LogP contribution is 2.27. The van der Waals surface area contributed by atoms with Crippen molar-refractivity contribution in [2.75, 3.05) is 6.54 Å². The van der Waals surface area contributed by atoms with Gasteiger partial charge in [-0.15, -0.1) is 11.3 Å². The highest BCUT2D eigenvalue weighted by Gasteiger charge is 2.19. The maximum Gasteiger partial charge on any atom is 0.283 e. The number of nitrogens with zero attached hydrogens (tertiary/aromatic N) is 1. The molecular formula is C12H18N2O4S. The van der Waals surface area contributed by atoms with E-state index in [0.29, 0.717) is 22.1 Å². The maximum atomic E-state index is 11.8. The Bertz CT molecular complexity index is 470. The number of aliphatic hydroxyl groups is 1. The number of nitrogens with one attached hydrogen (secondary N) is 1. The first-order chi connectivity index (χ1) is 8.81. The molecule has 1 amide bonds. The Labute approximate surface area is 115 Å². The van der Waals surface area contributed by atoms with Gasteiger partial charge in [-0.25, -0.2) is 0 Å². The lowest BCUT2D eigenvalue weighted by molar-refractivity contribution is -0.385. The van der Waals surface area contributed by atoms with Gasteiger partial charge in [-0.3, -0.25) is 14.9 Å². The summed E-state index contributed by atoms with van der Waals surface area (Å²) in [6.07, 6.45) is 0.00386. The van der Waals surface area contributed by atoms with E-state index in [-0.39, 0.29) is 18.1 Å². The Morgan fingerprint density at radius 1 is 1.58 bits per heavy atom. The highest BCUT2D eigenvalue weighted by atomic mass is 32.1. The molecule has 6 nitrogen and oxygen atoms in total. The monoisotopic (exact) mass is 286 g/mol. The lowest BCUT2D eigenvalue weighted by Crippen LogP contribution is -2.32. The normalized spacial score (nSPS) is 12.5. The summed E-state index contributed by atoms with van der Waals surface area (Å²) in [4.78, 5) is 22.8. The molecule has 0 spiro atoms. The Hall–Kier alpha value is -1.47. The van der Waals surface area contributed by atoms with E-state index < -0.39 is 11.0 Å². The van der Waals surface area contributed by atoms with Crippen LogP contribution in [0.3, 0.4) is 0 Å². The Balaban J connectivity index is 2.59. The van der Waals surface area contributed by atoms with Gasteiger partial charge < -0.3 is 10.4 Å². The number of rotatable bonds is 6. The zero-order valence-electron chi connectivity index (χ0n) is 11.2. The number of carbonyl (C=O) groups excluding carboxylic acids is 1. The van der Waals surface area contributed by atoms with Crippen LogP contribution in [0.15, 0.2) is 6.07 Å². The Kier molecular flexibility index (Phi) is 5.44. The van der Waals surface area contributed by atoms with Crippen molar-refractivity contribution in [3.8, 4) is 0 Å². The predicted molar refractivity (Wildman–Crippen MR) is 73.5 cm³/mol. The van der Waals surface area contributed by atoms with Crippen molar-refractivity contribution in [1.82, 2.24) is 5.32 Å². The van der Waals surface area contributed by atoms with Gasteiger partial charge in [0, 0.05) is 12.6 Å². The first kappa shape index (κ1) is 15.6. The second-order valence-corrected chi connectivity index (χ2v) is 6.06. The third kappa shape index (κ3) is 4.60. The molecule has 0 aliphatic carbocycles. The van der Waals surface area contributed by atoms with Crippen LogP contribution in [0.5, 0.6) is 0 Å². The number of nitro groups is 1. The molecule has 1 aromatic rings. The van der Waals surface area contributed by atoms with E-state index in [9.17, 15) is 20.0 Å². The van der Waals surface area contributed by atoms with Crippen LogP contribution in [0.4, 0.5) is 5.69 Å². The average Bonchev–Trinajstić information content (AvgIpc) is 2.67. The lowest BCUT2D eigenvalue weighted by atomic mass is 10.1. The van der Waals surface area contributed by atoms with Crippen molar-refractivity contribution in [1.29, 1.82) is 0 Å². The number of aryl methyl sites for hydroxylation is 1. The number of hydrogen-bond acceptors (Lipinski definition) is 5. The fourth-order valence-corrected chi connectivity index (χ4v) is 2.59. The molecule has 0 bridgehead atoms. The number of amides is 1. The van der Waals surface area contributed by atoms with E-state index in [0.717, 1.165) is 11.3 Å². The molecular weight excluding hydrogens is 268 g/mol. The summed E-state index contributed by atoms with van der Waals surface area (Å²) in [7, 11) is 0. The molecule has 0 saturated heterocycles. The molecule has 0 radical (unpaired) electrons. The zero-order chi connectivity index (χ0) is 14.6. The van der Waals surface area contributed by atoms with Crippen LogP contribution in [0.25, 0.3) is 0 Å². The summed E-state index contributed by atoms with van der Waals surface area (Å²) >= 11 is 1.08. The summed E-state index contributed by atoms with van der Waals surface area (Å²) in [6, 6.07) is 1.27. The van der Waals surface area contributed by atoms with E-state index in [4.69, 9.17) is 0 Å². The minimum Gasteiger partial charge on any atom is -0.391 e. The minimum atomic E-state index is -0.597. The standard InChI is InChI=1S/C12H18N2O4S/c1-7(2)4-9(15)6-13-12(16)11-5-10(14(17)18)8(3)19-11/h5,7,9,15H,4,6H2,1-3H3,(H,13,16). The molecule has 1 unspecified atom stereocenters. The average molecular weight is 286 g/mol. The second-order valence-electron chi connectivity index (χ2n) is 4.80. The van der Waals surface area contributed by atoms with Gasteiger partial charge >= 0.3 is 0 Å². The van der Waals surface area contributed by atoms with Crippen molar-refractivity contribution < 1.29 is 14.8 Å². The molecule has 0 aliphatic heterocycles. The smallest absolute Gasteiger partial charge is 0.283 e. The van der Waals surface area contributed by atoms with Crippen molar-refractivity contribution in [3.05, 3.63) is 25.9 Å². The molecule has 1 rings (SSSR count). The van der Waals surface area contributed by atoms with E-state index >= 15 is 0 Å². The molecule has 7 heteroatoms. The van der Waals surface area contributed by atoms with Crippen LogP contribution >= 0.6 is 11.3 Å². The summed E-state index contributed by atoms with van der Waals surface area (Å²) in [5.74, 6) is -0.0408. The fraction of sp³-hybridized carbons (Fsp3) is 0.583. The fourth-order valence-electron chi connectivity index (χ4n) is 1.69. The van der Waals surface area contributed by atoms with Crippen LogP contribution in [-0.4, -0.2) is 28.6 Å². The second kappa shape index (κ2) is 6.63. The lowest BCUT2D eigenvalue weighted by Gasteiger charge is -2.13. The molecule has 1 aromatic heterocycles. The van der Waals surface area contributed by atoms with E-state index in [2.05, 4.69) is 5.32 Å². The number of carbonyl (C=O) groups is 1. The van der Waals surface area contributed by atoms with Gasteiger partial charge in [0.25, 0.3) is 11.6 Å². The van der Waals surface area contributed by atoms with E-state index in [1.807, 2.05) is 13.8 Å². The molecule has 2 N–H and O–H groups in total. The van der Waals surface area contributed by atoms with Crippen LogP contribution in [0, 0.1) is 23.0 Å². The zero-order valence-corrected chi connectivity index (χ0v) is 12.0. The molecule has 0 fully saturated rings. The third-order valence-corrected chi connectivity index (χ3v) is 3.59. The first-order valence-corrected chi connectivity index (χ1v) is 6.84. The molecule has 1 heterocycles. The summed E-state index contributed by atoms with van der Waals surface area (Å²) in [5.41, 5.74) is -0.0436.